The molecule has 2 aliphatic heterocycles. The molecule has 2 bridgehead atoms. The first kappa shape index (κ1) is 9.44. The van der Waals surface area contributed by atoms with Crippen LogP contribution in [0, 0.1) is 0 Å². The van der Waals surface area contributed by atoms with Gasteiger partial charge in [0.25, 0.3) is 5.97 Å². The van der Waals surface area contributed by atoms with Crippen LogP contribution in [0.2, 0.25) is 0 Å². The van der Waals surface area contributed by atoms with Gasteiger partial charge in [-0.15, -0.1) is 0 Å². The van der Waals surface area contributed by atoms with Gasteiger partial charge in [-0.25, -0.2) is 0 Å². The normalized spacial score (nSPS) is 43.8. The average molecular weight is 186 g/mol. The van der Waals surface area contributed by atoms with E-state index in [0.29, 0.717) is 6.61 Å². The molecule has 0 radical (unpaired) electrons. The zero-order valence-electron chi connectivity index (χ0n) is 8.47. The van der Waals surface area contributed by atoms with E-state index in [-0.39, 0.29) is 5.60 Å². The van der Waals surface area contributed by atoms with Crippen molar-refractivity contribution in [3.8, 4) is 0 Å². The van der Waals surface area contributed by atoms with Crippen molar-refractivity contribution in [3.05, 3.63) is 0 Å². The Morgan fingerprint density at radius 1 is 1.31 bits per heavy atom. The third-order valence-electron chi connectivity index (χ3n) is 2.79. The fourth-order valence-electron chi connectivity index (χ4n) is 1.90. The number of unbranched alkanes of at least 4 members (excludes halogenated alkanes) is 1. The summed E-state index contributed by atoms with van der Waals surface area (Å²) in [6.45, 7) is 5.70. The summed E-state index contributed by atoms with van der Waals surface area (Å²) in [5, 5.41) is 0. The molecule has 13 heavy (non-hydrogen) atoms. The Morgan fingerprint density at radius 2 is 2.15 bits per heavy atom. The Morgan fingerprint density at radius 3 is 2.92 bits per heavy atom. The lowest BCUT2D eigenvalue weighted by molar-refractivity contribution is -0.369. The lowest BCUT2D eigenvalue weighted by atomic mass is 10.0. The standard InChI is InChI=1S/C10H18O3/c1-3-4-5-10-11-7-6-9(2,13-10)8-12-10/h3-8H2,1-2H3. The van der Waals surface area contributed by atoms with Gasteiger partial charge in [0.15, 0.2) is 0 Å². The predicted octanol–water partition coefficient (Wildman–Crippen LogP) is 2.06. The number of fused-ring (bicyclic) bond motifs is 2. The summed E-state index contributed by atoms with van der Waals surface area (Å²) in [6, 6.07) is 0. The van der Waals surface area contributed by atoms with Crippen LogP contribution < -0.4 is 0 Å². The molecule has 0 spiro atoms. The first-order valence-electron chi connectivity index (χ1n) is 5.16. The first-order chi connectivity index (χ1) is 6.18. The second kappa shape index (κ2) is 3.23. The van der Waals surface area contributed by atoms with E-state index >= 15 is 0 Å². The summed E-state index contributed by atoms with van der Waals surface area (Å²) in [5.74, 6) is -0.691. The molecule has 2 fully saturated rings. The number of ether oxygens (including phenoxy) is 3. The van der Waals surface area contributed by atoms with Crippen LogP contribution in [-0.2, 0) is 14.2 Å². The van der Waals surface area contributed by atoms with E-state index in [9.17, 15) is 0 Å². The van der Waals surface area contributed by atoms with Gasteiger partial charge in [-0.2, -0.15) is 0 Å². The van der Waals surface area contributed by atoms with Gasteiger partial charge in [0.05, 0.1) is 18.8 Å². The molecule has 0 aromatic heterocycles. The second-order valence-corrected chi connectivity index (χ2v) is 4.23. The smallest absolute Gasteiger partial charge is 0.283 e. The molecular formula is C10H18O3. The Balaban J connectivity index is 1.99. The van der Waals surface area contributed by atoms with Gasteiger partial charge in [-0.3, -0.25) is 0 Å². The molecule has 76 valence electrons. The summed E-state index contributed by atoms with van der Waals surface area (Å²) < 4.78 is 17.0. The van der Waals surface area contributed by atoms with E-state index in [0.717, 1.165) is 32.3 Å². The van der Waals surface area contributed by atoms with Crippen molar-refractivity contribution in [2.45, 2.75) is 51.1 Å². The lowest BCUT2D eigenvalue weighted by Crippen LogP contribution is -2.43. The topological polar surface area (TPSA) is 27.7 Å². The average Bonchev–Trinajstić information content (AvgIpc) is 2.35. The van der Waals surface area contributed by atoms with Crippen molar-refractivity contribution in [1.82, 2.24) is 0 Å². The van der Waals surface area contributed by atoms with Crippen LogP contribution in [-0.4, -0.2) is 24.8 Å². The van der Waals surface area contributed by atoms with Crippen molar-refractivity contribution >= 4 is 0 Å². The van der Waals surface area contributed by atoms with Gasteiger partial charge in [-0.1, -0.05) is 13.3 Å². The summed E-state index contributed by atoms with van der Waals surface area (Å²) in [7, 11) is 0. The van der Waals surface area contributed by atoms with Gasteiger partial charge in [0.2, 0.25) is 0 Å². The van der Waals surface area contributed by atoms with Crippen molar-refractivity contribution in [1.29, 1.82) is 0 Å². The Labute approximate surface area is 79.4 Å². The van der Waals surface area contributed by atoms with Gasteiger partial charge >= 0.3 is 0 Å². The van der Waals surface area contributed by atoms with Crippen LogP contribution in [0.3, 0.4) is 0 Å². The molecule has 3 heteroatoms. The molecule has 2 saturated heterocycles. The quantitative estimate of drug-likeness (QED) is 0.675. The van der Waals surface area contributed by atoms with Crippen molar-refractivity contribution < 1.29 is 14.2 Å². The van der Waals surface area contributed by atoms with Crippen LogP contribution in [0.15, 0.2) is 0 Å². The fourth-order valence-corrected chi connectivity index (χ4v) is 1.90. The van der Waals surface area contributed by atoms with Crippen LogP contribution in [0.5, 0.6) is 0 Å². The number of hydrogen-bond acceptors (Lipinski definition) is 3. The van der Waals surface area contributed by atoms with E-state index in [2.05, 4.69) is 13.8 Å². The predicted molar refractivity (Wildman–Crippen MR) is 48.3 cm³/mol. The molecule has 2 unspecified atom stereocenters. The van der Waals surface area contributed by atoms with Gasteiger partial charge in [0, 0.05) is 12.8 Å². The Bertz CT molecular complexity index is 195. The minimum atomic E-state index is -0.691. The molecule has 2 aliphatic rings. The molecule has 2 heterocycles. The van der Waals surface area contributed by atoms with E-state index < -0.39 is 5.97 Å². The molecular weight excluding hydrogens is 168 g/mol. The van der Waals surface area contributed by atoms with E-state index in [1.165, 1.54) is 0 Å². The summed E-state index contributed by atoms with van der Waals surface area (Å²) in [6.07, 6.45) is 4.05. The highest BCUT2D eigenvalue weighted by molar-refractivity contribution is 4.87. The number of hydrogen-bond donors (Lipinski definition) is 0. The maximum atomic E-state index is 5.83. The minimum Gasteiger partial charge on any atom is -0.327 e. The Hall–Kier alpha value is -0.120. The maximum Gasteiger partial charge on any atom is 0.283 e. The molecule has 0 aromatic carbocycles. The molecule has 0 saturated carbocycles. The van der Waals surface area contributed by atoms with Gasteiger partial charge < -0.3 is 14.2 Å². The maximum absolute atomic E-state index is 5.83. The molecule has 0 aliphatic carbocycles. The first-order valence-corrected chi connectivity index (χ1v) is 5.16. The van der Waals surface area contributed by atoms with Crippen molar-refractivity contribution in [2.75, 3.05) is 13.2 Å². The van der Waals surface area contributed by atoms with Crippen LogP contribution in [0.1, 0.15) is 39.5 Å². The molecule has 0 N–H and O–H groups in total. The van der Waals surface area contributed by atoms with Crippen molar-refractivity contribution in [3.63, 3.8) is 0 Å². The highest BCUT2D eigenvalue weighted by Gasteiger charge is 2.52. The van der Waals surface area contributed by atoms with Gasteiger partial charge in [-0.05, 0) is 13.3 Å². The highest BCUT2D eigenvalue weighted by atomic mass is 16.9. The monoisotopic (exact) mass is 186 g/mol. The molecule has 0 aromatic rings. The van der Waals surface area contributed by atoms with Crippen molar-refractivity contribution in [2.24, 2.45) is 0 Å². The lowest BCUT2D eigenvalue weighted by Gasteiger charge is -2.35. The number of rotatable bonds is 3. The molecule has 3 nitrogen and oxygen atoms in total. The largest absolute Gasteiger partial charge is 0.327 e. The second-order valence-electron chi connectivity index (χ2n) is 4.23. The fraction of sp³-hybridized carbons (Fsp3) is 1.00. The summed E-state index contributed by atoms with van der Waals surface area (Å²) in [5.41, 5.74) is -0.0913. The van der Waals surface area contributed by atoms with E-state index in [4.69, 9.17) is 14.2 Å². The third-order valence-corrected chi connectivity index (χ3v) is 2.79. The van der Waals surface area contributed by atoms with Gasteiger partial charge in [0.1, 0.15) is 0 Å². The Kier molecular flexibility index (Phi) is 2.34. The summed E-state index contributed by atoms with van der Waals surface area (Å²) >= 11 is 0. The molecule has 2 rings (SSSR count). The third kappa shape index (κ3) is 1.73. The summed E-state index contributed by atoms with van der Waals surface area (Å²) in [4.78, 5) is 0. The highest BCUT2D eigenvalue weighted by Crippen LogP contribution is 2.41. The van der Waals surface area contributed by atoms with Crippen LogP contribution in [0.4, 0.5) is 0 Å². The minimum absolute atomic E-state index is 0.0913. The molecule has 2 atom stereocenters. The van der Waals surface area contributed by atoms with Crippen LogP contribution in [0.25, 0.3) is 0 Å². The zero-order valence-corrected chi connectivity index (χ0v) is 8.47. The van der Waals surface area contributed by atoms with E-state index in [1.54, 1.807) is 0 Å². The van der Waals surface area contributed by atoms with E-state index in [1.807, 2.05) is 0 Å². The van der Waals surface area contributed by atoms with Crippen LogP contribution >= 0.6 is 0 Å². The SMILES string of the molecule is CCCCC12OCCC(C)(CO1)O2. The zero-order chi connectivity index (χ0) is 9.36. The molecule has 0 amide bonds.